The molecule has 29 heavy (non-hydrogen) atoms. The summed E-state index contributed by atoms with van der Waals surface area (Å²) in [6, 6.07) is 18.7. The van der Waals surface area contributed by atoms with Crippen molar-refractivity contribution in [2.24, 2.45) is 0 Å². The molecule has 0 bridgehead atoms. The number of nitrogens with zero attached hydrogens (tertiary/aromatic N) is 1. The zero-order chi connectivity index (χ0) is 21.0. The van der Waals surface area contributed by atoms with Gasteiger partial charge in [0.15, 0.2) is 0 Å². The Hall–Kier alpha value is -3.19. The first-order valence-corrected chi connectivity index (χ1v) is 10.4. The van der Waals surface area contributed by atoms with Crippen molar-refractivity contribution >= 4 is 21.6 Å². The van der Waals surface area contributed by atoms with Gasteiger partial charge in [-0.05, 0) is 55.0 Å². The molecular formula is C22H21FN2O3S. The smallest absolute Gasteiger partial charge is 0.261 e. The van der Waals surface area contributed by atoms with E-state index in [-0.39, 0.29) is 16.6 Å². The second-order valence-corrected chi connectivity index (χ2v) is 8.47. The van der Waals surface area contributed by atoms with Gasteiger partial charge in [0.2, 0.25) is 0 Å². The third-order valence-electron chi connectivity index (χ3n) is 4.37. The van der Waals surface area contributed by atoms with E-state index in [0.29, 0.717) is 17.8 Å². The second kappa shape index (κ2) is 8.45. The Labute approximate surface area is 169 Å². The summed E-state index contributed by atoms with van der Waals surface area (Å²) in [6.45, 7) is 2.18. The molecule has 0 aliphatic heterocycles. The molecule has 1 N–H and O–H groups in total. The molecule has 0 radical (unpaired) electrons. The Morgan fingerprint density at radius 3 is 2.31 bits per heavy atom. The van der Waals surface area contributed by atoms with Crippen LogP contribution in [0.5, 0.6) is 0 Å². The zero-order valence-corrected chi connectivity index (χ0v) is 16.9. The molecule has 0 aromatic heterocycles. The summed E-state index contributed by atoms with van der Waals surface area (Å²) in [4.78, 5) is 14.3. The van der Waals surface area contributed by atoms with Crippen molar-refractivity contribution in [2.45, 2.75) is 18.4 Å². The van der Waals surface area contributed by atoms with Gasteiger partial charge in [-0.2, -0.15) is 0 Å². The number of hydrogen-bond donors (Lipinski definition) is 1. The van der Waals surface area contributed by atoms with Crippen LogP contribution in [0, 0.1) is 12.7 Å². The maximum atomic E-state index is 13.0. The van der Waals surface area contributed by atoms with Crippen molar-refractivity contribution in [3.05, 3.63) is 95.3 Å². The molecule has 0 aliphatic carbocycles. The lowest BCUT2D eigenvalue weighted by atomic mass is 10.1. The Kier molecular flexibility index (Phi) is 5.98. The molecule has 7 heteroatoms. The molecule has 3 aromatic rings. The maximum absolute atomic E-state index is 13.0. The number of nitrogens with one attached hydrogen (secondary N) is 1. The number of carbonyl (C=O) groups is 1. The fourth-order valence-corrected chi connectivity index (χ4v) is 3.85. The van der Waals surface area contributed by atoms with Crippen molar-refractivity contribution in [2.75, 3.05) is 11.8 Å². The van der Waals surface area contributed by atoms with Crippen LogP contribution in [-0.2, 0) is 16.6 Å². The largest absolute Gasteiger partial charge is 0.337 e. The fourth-order valence-electron chi connectivity index (χ4n) is 2.80. The molecule has 0 unspecified atom stereocenters. The number of amides is 1. The Morgan fingerprint density at radius 1 is 1.00 bits per heavy atom. The Bertz CT molecular complexity index is 1110. The highest BCUT2D eigenvalue weighted by Crippen LogP contribution is 2.19. The molecule has 3 rings (SSSR count). The molecule has 0 heterocycles. The van der Waals surface area contributed by atoms with E-state index in [1.807, 2.05) is 6.92 Å². The van der Waals surface area contributed by atoms with Gasteiger partial charge in [0.1, 0.15) is 5.82 Å². The van der Waals surface area contributed by atoms with Gasteiger partial charge in [-0.3, -0.25) is 9.52 Å². The molecule has 0 atom stereocenters. The zero-order valence-electron chi connectivity index (χ0n) is 16.1. The van der Waals surface area contributed by atoms with Gasteiger partial charge in [0.25, 0.3) is 15.9 Å². The van der Waals surface area contributed by atoms with E-state index in [1.54, 1.807) is 49.5 Å². The number of sulfonamides is 1. The van der Waals surface area contributed by atoms with E-state index in [9.17, 15) is 17.6 Å². The van der Waals surface area contributed by atoms with Crippen molar-refractivity contribution in [3.8, 4) is 0 Å². The average molecular weight is 412 g/mol. The molecule has 1 amide bonds. The third-order valence-corrected chi connectivity index (χ3v) is 5.77. The molecule has 5 nitrogen and oxygen atoms in total. The van der Waals surface area contributed by atoms with Crippen LogP contribution in [0.25, 0.3) is 0 Å². The van der Waals surface area contributed by atoms with Crippen LogP contribution in [0.3, 0.4) is 0 Å². The average Bonchev–Trinajstić information content (AvgIpc) is 2.69. The Balaban J connectivity index is 1.75. The highest BCUT2D eigenvalue weighted by atomic mass is 32.2. The van der Waals surface area contributed by atoms with Gasteiger partial charge in [-0.1, -0.05) is 35.9 Å². The van der Waals surface area contributed by atoms with Crippen molar-refractivity contribution in [1.29, 1.82) is 0 Å². The summed E-state index contributed by atoms with van der Waals surface area (Å²) in [6.07, 6.45) is 0. The lowest BCUT2D eigenvalue weighted by Crippen LogP contribution is -2.26. The second-order valence-electron chi connectivity index (χ2n) is 6.79. The number of carbonyl (C=O) groups excluding carboxylic acids is 1. The van der Waals surface area contributed by atoms with Crippen LogP contribution < -0.4 is 4.72 Å². The summed E-state index contributed by atoms with van der Waals surface area (Å²) in [5, 5.41) is 0. The van der Waals surface area contributed by atoms with Gasteiger partial charge in [0.05, 0.1) is 4.90 Å². The van der Waals surface area contributed by atoms with Crippen LogP contribution in [-0.4, -0.2) is 26.3 Å². The SMILES string of the molecule is Cc1ccc(S(=O)(=O)Nc2cccc(C(=O)N(C)Cc3ccc(F)cc3)c2)cc1. The summed E-state index contributed by atoms with van der Waals surface area (Å²) in [7, 11) is -2.12. The number of halogens is 1. The first kappa shape index (κ1) is 20.5. The number of aryl methyl sites for hydroxylation is 1. The summed E-state index contributed by atoms with van der Waals surface area (Å²) in [5.41, 5.74) is 2.39. The van der Waals surface area contributed by atoms with Gasteiger partial charge < -0.3 is 4.90 Å². The minimum absolute atomic E-state index is 0.147. The van der Waals surface area contributed by atoms with Crippen molar-refractivity contribution < 1.29 is 17.6 Å². The van der Waals surface area contributed by atoms with Gasteiger partial charge in [0, 0.05) is 24.8 Å². The molecule has 3 aromatic carbocycles. The predicted octanol–water partition coefficient (Wildman–Crippen LogP) is 4.21. The lowest BCUT2D eigenvalue weighted by molar-refractivity contribution is 0.0785. The highest BCUT2D eigenvalue weighted by Gasteiger charge is 2.16. The molecule has 150 valence electrons. The maximum Gasteiger partial charge on any atom is 0.261 e. The van der Waals surface area contributed by atoms with E-state index in [2.05, 4.69) is 4.72 Å². The molecule has 0 saturated carbocycles. The fraction of sp³-hybridized carbons (Fsp3) is 0.136. The standard InChI is InChI=1S/C22H21FN2O3S/c1-16-6-12-21(13-7-16)29(27,28)24-20-5-3-4-18(14-20)22(26)25(2)15-17-8-10-19(23)11-9-17/h3-14,24H,15H2,1-2H3. The van der Waals surface area contributed by atoms with E-state index in [4.69, 9.17) is 0 Å². The topological polar surface area (TPSA) is 66.5 Å². The molecule has 0 fully saturated rings. The van der Waals surface area contributed by atoms with Crippen molar-refractivity contribution in [1.82, 2.24) is 4.90 Å². The molecule has 0 saturated heterocycles. The van der Waals surface area contributed by atoms with Crippen molar-refractivity contribution in [3.63, 3.8) is 0 Å². The van der Waals surface area contributed by atoms with Crippen LogP contribution in [0.2, 0.25) is 0 Å². The number of hydrogen-bond acceptors (Lipinski definition) is 3. The van der Waals surface area contributed by atoms with Gasteiger partial charge in [-0.15, -0.1) is 0 Å². The van der Waals surface area contributed by atoms with E-state index in [0.717, 1.165) is 11.1 Å². The van der Waals surface area contributed by atoms with Crippen LogP contribution >= 0.6 is 0 Å². The molecule has 0 aliphatic rings. The quantitative estimate of drug-likeness (QED) is 0.660. The number of benzene rings is 3. The molecular weight excluding hydrogens is 391 g/mol. The van der Waals surface area contributed by atoms with Gasteiger partial charge in [-0.25, -0.2) is 12.8 Å². The molecule has 0 spiro atoms. The number of rotatable bonds is 6. The summed E-state index contributed by atoms with van der Waals surface area (Å²) in [5.74, 6) is -0.609. The van der Waals surface area contributed by atoms with E-state index in [1.165, 1.54) is 35.2 Å². The van der Waals surface area contributed by atoms with Crippen LogP contribution in [0.1, 0.15) is 21.5 Å². The minimum atomic E-state index is -3.76. The number of anilines is 1. The van der Waals surface area contributed by atoms with Gasteiger partial charge >= 0.3 is 0 Å². The summed E-state index contributed by atoms with van der Waals surface area (Å²) >= 11 is 0. The first-order valence-electron chi connectivity index (χ1n) is 8.94. The minimum Gasteiger partial charge on any atom is -0.337 e. The Morgan fingerprint density at radius 2 is 1.66 bits per heavy atom. The monoisotopic (exact) mass is 412 g/mol. The first-order chi connectivity index (χ1) is 13.7. The van der Waals surface area contributed by atoms with E-state index < -0.39 is 10.0 Å². The highest BCUT2D eigenvalue weighted by molar-refractivity contribution is 7.92. The van der Waals surface area contributed by atoms with E-state index >= 15 is 0 Å². The predicted molar refractivity (Wildman–Crippen MR) is 111 cm³/mol. The van der Waals surface area contributed by atoms with Crippen LogP contribution in [0.4, 0.5) is 10.1 Å². The lowest BCUT2D eigenvalue weighted by Gasteiger charge is -2.18. The normalized spacial score (nSPS) is 11.1. The van der Waals surface area contributed by atoms with Crippen LogP contribution in [0.15, 0.2) is 77.7 Å². The third kappa shape index (κ3) is 5.20. The summed E-state index contributed by atoms with van der Waals surface area (Å²) < 4.78 is 40.7.